The van der Waals surface area contributed by atoms with Crippen molar-refractivity contribution in [1.29, 1.82) is 0 Å². The second-order valence-corrected chi connectivity index (χ2v) is 6.18. The van der Waals surface area contributed by atoms with Gasteiger partial charge < -0.3 is 5.32 Å². The molecule has 2 N–H and O–H groups in total. The topological polar surface area (TPSA) is 58.2 Å². The molecule has 5 heteroatoms. The summed E-state index contributed by atoms with van der Waals surface area (Å²) in [5.74, 6) is 0.771. The van der Waals surface area contributed by atoms with Gasteiger partial charge in [-0.15, -0.1) is 0 Å². The quantitative estimate of drug-likeness (QED) is 0.702. The van der Waals surface area contributed by atoms with Crippen molar-refractivity contribution < 1.29 is 8.42 Å². The smallest absolute Gasteiger partial charge is 0.212 e. The van der Waals surface area contributed by atoms with Crippen molar-refractivity contribution in [1.82, 2.24) is 10.0 Å². The highest BCUT2D eigenvalue weighted by Crippen LogP contribution is 2.30. The highest BCUT2D eigenvalue weighted by atomic mass is 32.2. The lowest BCUT2D eigenvalue weighted by atomic mass is 10.1. The second-order valence-electron chi connectivity index (χ2n) is 4.39. The minimum atomic E-state index is -3.01. The van der Waals surface area contributed by atoms with Gasteiger partial charge in [-0.25, -0.2) is 13.1 Å². The maximum absolute atomic E-state index is 11.6. The van der Waals surface area contributed by atoms with Crippen LogP contribution in [0.5, 0.6) is 0 Å². The van der Waals surface area contributed by atoms with Gasteiger partial charge in [-0.2, -0.15) is 0 Å². The van der Waals surface area contributed by atoms with Crippen LogP contribution < -0.4 is 10.0 Å². The highest BCUT2D eigenvalue weighted by molar-refractivity contribution is 7.89. The van der Waals surface area contributed by atoms with Gasteiger partial charge in [-0.3, -0.25) is 0 Å². The molecule has 1 aliphatic carbocycles. The Kier molecular flexibility index (Phi) is 3.09. The summed E-state index contributed by atoms with van der Waals surface area (Å²) in [6.45, 7) is 1.80. The van der Waals surface area contributed by atoms with Crippen LogP contribution in [0, 0.1) is 5.92 Å². The minimum absolute atomic E-state index is 0.118. The summed E-state index contributed by atoms with van der Waals surface area (Å²) in [6, 6.07) is 0.118. The molecule has 1 aliphatic heterocycles. The van der Waals surface area contributed by atoms with Gasteiger partial charge in [0.15, 0.2) is 0 Å². The predicted octanol–water partition coefficient (Wildman–Crippen LogP) is 0.0678. The Balaban J connectivity index is 1.81. The van der Waals surface area contributed by atoms with E-state index in [9.17, 15) is 8.42 Å². The van der Waals surface area contributed by atoms with Crippen LogP contribution in [0.3, 0.4) is 0 Å². The monoisotopic (exact) mass is 218 g/mol. The molecule has 0 spiro atoms. The van der Waals surface area contributed by atoms with E-state index in [0.717, 1.165) is 38.8 Å². The molecule has 0 aromatic carbocycles. The van der Waals surface area contributed by atoms with Gasteiger partial charge in [-0.1, -0.05) is 0 Å². The standard InChI is InChI=1S/C9H18N2O2S/c12-14(13,7-8-3-4-8)11-9-2-1-5-10-6-9/h8-11H,1-7H2/t9-/m1/s1. The fourth-order valence-electron chi connectivity index (χ4n) is 1.85. The van der Waals surface area contributed by atoms with E-state index in [0.29, 0.717) is 11.7 Å². The minimum Gasteiger partial charge on any atom is -0.315 e. The Hall–Kier alpha value is -0.130. The van der Waals surface area contributed by atoms with Crippen LogP contribution in [0.25, 0.3) is 0 Å². The van der Waals surface area contributed by atoms with E-state index in [2.05, 4.69) is 10.0 Å². The molecule has 0 aromatic heterocycles. The van der Waals surface area contributed by atoms with E-state index in [4.69, 9.17) is 0 Å². The Labute approximate surface area is 85.5 Å². The number of sulfonamides is 1. The fraction of sp³-hybridized carbons (Fsp3) is 1.00. The molecule has 0 aromatic rings. The molecule has 82 valence electrons. The van der Waals surface area contributed by atoms with Gasteiger partial charge >= 0.3 is 0 Å². The van der Waals surface area contributed by atoms with Gasteiger partial charge in [-0.05, 0) is 38.1 Å². The van der Waals surface area contributed by atoms with Gasteiger partial charge in [0.2, 0.25) is 10.0 Å². The van der Waals surface area contributed by atoms with Crippen molar-refractivity contribution >= 4 is 10.0 Å². The summed E-state index contributed by atoms with van der Waals surface area (Å²) in [7, 11) is -3.01. The molecule has 1 saturated carbocycles. The number of piperidine rings is 1. The first-order chi connectivity index (χ1) is 6.66. The SMILES string of the molecule is O=S(=O)(CC1CC1)N[C@@H]1CCCNC1. The van der Waals surface area contributed by atoms with Gasteiger partial charge in [0.1, 0.15) is 0 Å². The summed E-state index contributed by atoms with van der Waals surface area (Å²) in [5.41, 5.74) is 0. The molecule has 1 saturated heterocycles. The van der Waals surface area contributed by atoms with E-state index < -0.39 is 10.0 Å². The predicted molar refractivity (Wildman–Crippen MR) is 55.5 cm³/mol. The van der Waals surface area contributed by atoms with Crippen molar-refractivity contribution in [3.8, 4) is 0 Å². The second kappa shape index (κ2) is 4.16. The van der Waals surface area contributed by atoms with E-state index in [1.54, 1.807) is 0 Å². The molecule has 1 atom stereocenters. The Bertz CT molecular complexity index is 279. The van der Waals surface area contributed by atoms with E-state index in [-0.39, 0.29) is 6.04 Å². The van der Waals surface area contributed by atoms with Crippen molar-refractivity contribution in [3.05, 3.63) is 0 Å². The number of rotatable bonds is 4. The number of hydrogen-bond donors (Lipinski definition) is 2. The fourth-order valence-corrected chi connectivity index (χ4v) is 3.61. The lowest BCUT2D eigenvalue weighted by Crippen LogP contribution is -2.46. The Morgan fingerprint density at radius 2 is 2.07 bits per heavy atom. The van der Waals surface area contributed by atoms with Crippen LogP contribution in [0.2, 0.25) is 0 Å². The van der Waals surface area contributed by atoms with Crippen LogP contribution in [0.15, 0.2) is 0 Å². The van der Waals surface area contributed by atoms with Crippen LogP contribution >= 0.6 is 0 Å². The van der Waals surface area contributed by atoms with Gasteiger partial charge in [0, 0.05) is 12.6 Å². The van der Waals surface area contributed by atoms with Crippen LogP contribution in [-0.4, -0.2) is 33.3 Å². The van der Waals surface area contributed by atoms with E-state index >= 15 is 0 Å². The lowest BCUT2D eigenvalue weighted by Gasteiger charge is -2.23. The molecule has 4 nitrogen and oxygen atoms in total. The highest BCUT2D eigenvalue weighted by Gasteiger charge is 2.29. The third-order valence-electron chi connectivity index (χ3n) is 2.80. The van der Waals surface area contributed by atoms with E-state index in [1.165, 1.54) is 0 Å². The summed E-state index contributed by atoms with van der Waals surface area (Å²) in [6.07, 6.45) is 4.21. The third-order valence-corrected chi connectivity index (χ3v) is 4.40. The zero-order valence-corrected chi connectivity index (χ0v) is 9.15. The summed E-state index contributed by atoms with van der Waals surface area (Å²) in [5, 5.41) is 3.20. The Morgan fingerprint density at radius 3 is 2.64 bits per heavy atom. The molecule has 14 heavy (non-hydrogen) atoms. The molecule has 0 radical (unpaired) electrons. The Morgan fingerprint density at radius 1 is 1.29 bits per heavy atom. The normalized spacial score (nSPS) is 29.0. The van der Waals surface area contributed by atoms with Crippen molar-refractivity contribution in [2.75, 3.05) is 18.8 Å². The van der Waals surface area contributed by atoms with Crippen molar-refractivity contribution in [2.24, 2.45) is 5.92 Å². The van der Waals surface area contributed by atoms with Gasteiger partial charge in [0.25, 0.3) is 0 Å². The maximum atomic E-state index is 11.6. The van der Waals surface area contributed by atoms with Crippen LogP contribution in [-0.2, 0) is 10.0 Å². The molecule has 1 heterocycles. The summed E-state index contributed by atoms with van der Waals surface area (Å²) in [4.78, 5) is 0. The maximum Gasteiger partial charge on any atom is 0.212 e. The van der Waals surface area contributed by atoms with Crippen LogP contribution in [0.1, 0.15) is 25.7 Å². The molecular formula is C9H18N2O2S. The first-order valence-electron chi connectivity index (χ1n) is 5.36. The zero-order chi connectivity index (χ0) is 10.0. The molecule has 2 fully saturated rings. The number of nitrogens with one attached hydrogen (secondary N) is 2. The van der Waals surface area contributed by atoms with Gasteiger partial charge in [0.05, 0.1) is 5.75 Å². The zero-order valence-electron chi connectivity index (χ0n) is 8.33. The first-order valence-corrected chi connectivity index (χ1v) is 7.02. The molecule has 0 unspecified atom stereocenters. The summed E-state index contributed by atoms with van der Waals surface area (Å²) < 4.78 is 26.0. The average Bonchev–Trinajstić information content (AvgIpc) is 2.88. The van der Waals surface area contributed by atoms with Crippen LogP contribution in [0.4, 0.5) is 0 Å². The van der Waals surface area contributed by atoms with Crippen molar-refractivity contribution in [2.45, 2.75) is 31.7 Å². The first kappa shape index (κ1) is 10.4. The molecule has 2 rings (SSSR count). The molecule has 0 amide bonds. The molecule has 2 aliphatic rings. The number of hydrogen-bond acceptors (Lipinski definition) is 3. The summed E-state index contributed by atoms with van der Waals surface area (Å²) >= 11 is 0. The largest absolute Gasteiger partial charge is 0.315 e. The van der Waals surface area contributed by atoms with E-state index in [1.807, 2.05) is 0 Å². The van der Waals surface area contributed by atoms with Crippen molar-refractivity contribution in [3.63, 3.8) is 0 Å². The average molecular weight is 218 g/mol. The molecular weight excluding hydrogens is 200 g/mol. The molecule has 0 bridgehead atoms. The lowest BCUT2D eigenvalue weighted by molar-refractivity contribution is 0.428. The third kappa shape index (κ3) is 3.22.